The van der Waals surface area contributed by atoms with E-state index in [-0.39, 0.29) is 0 Å². The SMILES string of the molecule is CC1=CC=C(N=C(N)N2CC3CCCc4cccc2c43)C2=CCC=C(C)C12. The van der Waals surface area contributed by atoms with E-state index in [1.54, 1.807) is 0 Å². The summed E-state index contributed by atoms with van der Waals surface area (Å²) in [6.45, 7) is 5.40. The number of benzene rings is 1. The number of allylic oxidation sites excluding steroid dienone is 7. The minimum Gasteiger partial charge on any atom is -0.369 e. The van der Waals surface area contributed by atoms with Gasteiger partial charge in [-0.1, -0.05) is 41.5 Å². The number of nitrogens with two attached hydrogens (primary N) is 1. The van der Waals surface area contributed by atoms with Crippen LogP contribution in [0.2, 0.25) is 0 Å². The van der Waals surface area contributed by atoms with Crippen molar-refractivity contribution >= 4 is 11.6 Å². The summed E-state index contributed by atoms with van der Waals surface area (Å²) in [5.74, 6) is 1.60. The van der Waals surface area contributed by atoms with Gasteiger partial charge in [-0.2, -0.15) is 0 Å². The highest BCUT2D eigenvalue weighted by Crippen LogP contribution is 2.45. The molecule has 5 rings (SSSR count). The van der Waals surface area contributed by atoms with Crippen molar-refractivity contribution in [2.45, 2.75) is 45.4 Å². The molecule has 1 heterocycles. The number of fused-ring (bicyclic) bond motifs is 1. The molecule has 4 aliphatic rings. The fourth-order valence-electron chi connectivity index (χ4n) is 5.32. The van der Waals surface area contributed by atoms with Gasteiger partial charge in [-0.15, -0.1) is 0 Å². The van der Waals surface area contributed by atoms with Crippen LogP contribution in [0.5, 0.6) is 0 Å². The van der Waals surface area contributed by atoms with E-state index < -0.39 is 0 Å². The van der Waals surface area contributed by atoms with Crippen LogP contribution in [0.25, 0.3) is 0 Å². The van der Waals surface area contributed by atoms with Crippen molar-refractivity contribution in [3.05, 3.63) is 76.0 Å². The topological polar surface area (TPSA) is 41.6 Å². The third kappa shape index (κ3) is 2.60. The van der Waals surface area contributed by atoms with Crippen LogP contribution < -0.4 is 10.6 Å². The van der Waals surface area contributed by atoms with Gasteiger partial charge in [-0.25, -0.2) is 4.99 Å². The van der Waals surface area contributed by atoms with Crippen LogP contribution in [0.3, 0.4) is 0 Å². The summed E-state index contributed by atoms with van der Waals surface area (Å²) in [7, 11) is 0. The smallest absolute Gasteiger partial charge is 0.201 e. The Morgan fingerprint density at radius 2 is 2.04 bits per heavy atom. The molecule has 27 heavy (non-hydrogen) atoms. The van der Waals surface area contributed by atoms with Gasteiger partial charge in [0, 0.05) is 24.1 Å². The number of hydrogen-bond acceptors (Lipinski definition) is 1. The minimum atomic E-state index is 0.364. The summed E-state index contributed by atoms with van der Waals surface area (Å²) in [5.41, 5.74) is 16.0. The van der Waals surface area contributed by atoms with Crippen LogP contribution >= 0.6 is 0 Å². The average molecular weight is 358 g/mol. The van der Waals surface area contributed by atoms with Gasteiger partial charge in [0.05, 0.1) is 5.70 Å². The van der Waals surface area contributed by atoms with Gasteiger partial charge in [0.25, 0.3) is 0 Å². The Balaban J connectivity index is 1.51. The molecular weight excluding hydrogens is 330 g/mol. The zero-order chi connectivity index (χ0) is 18.5. The third-order valence-corrected chi connectivity index (χ3v) is 6.58. The molecule has 138 valence electrons. The quantitative estimate of drug-likeness (QED) is 0.438. The number of guanidine groups is 1. The summed E-state index contributed by atoms with van der Waals surface area (Å²) >= 11 is 0. The zero-order valence-electron chi connectivity index (χ0n) is 16.2. The van der Waals surface area contributed by atoms with Crippen LogP contribution in [0.4, 0.5) is 5.69 Å². The van der Waals surface area contributed by atoms with Gasteiger partial charge in [-0.05, 0) is 68.4 Å². The monoisotopic (exact) mass is 357 g/mol. The molecule has 3 aliphatic carbocycles. The highest BCUT2D eigenvalue weighted by Gasteiger charge is 2.34. The van der Waals surface area contributed by atoms with Gasteiger partial charge in [0.15, 0.2) is 0 Å². The van der Waals surface area contributed by atoms with E-state index >= 15 is 0 Å². The lowest BCUT2D eigenvalue weighted by Crippen LogP contribution is -2.37. The summed E-state index contributed by atoms with van der Waals surface area (Å²) in [5, 5.41) is 0. The van der Waals surface area contributed by atoms with E-state index in [1.807, 2.05) is 0 Å². The molecule has 3 nitrogen and oxygen atoms in total. The van der Waals surface area contributed by atoms with Gasteiger partial charge >= 0.3 is 0 Å². The highest BCUT2D eigenvalue weighted by atomic mass is 15.3. The lowest BCUT2D eigenvalue weighted by Gasteiger charge is -2.29. The van der Waals surface area contributed by atoms with E-state index in [0.717, 1.165) is 18.7 Å². The molecule has 1 aromatic carbocycles. The first kappa shape index (κ1) is 16.6. The van der Waals surface area contributed by atoms with Crippen molar-refractivity contribution in [2.75, 3.05) is 11.4 Å². The minimum absolute atomic E-state index is 0.364. The summed E-state index contributed by atoms with van der Waals surface area (Å²) in [4.78, 5) is 7.17. The third-order valence-electron chi connectivity index (χ3n) is 6.58. The normalized spacial score (nSPS) is 26.6. The molecule has 2 atom stereocenters. The Morgan fingerprint density at radius 3 is 2.93 bits per heavy atom. The molecule has 1 aliphatic heterocycles. The fourth-order valence-corrected chi connectivity index (χ4v) is 5.32. The van der Waals surface area contributed by atoms with Gasteiger partial charge in [0.1, 0.15) is 0 Å². The van der Waals surface area contributed by atoms with Crippen molar-refractivity contribution in [3.8, 4) is 0 Å². The van der Waals surface area contributed by atoms with Gasteiger partial charge in [-0.3, -0.25) is 0 Å². The van der Waals surface area contributed by atoms with Gasteiger partial charge in [0.2, 0.25) is 5.96 Å². The predicted molar refractivity (Wildman–Crippen MR) is 113 cm³/mol. The molecule has 2 unspecified atom stereocenters. The van der Waals surface area contributed by atoms with E-state index in [1.165, 1.54) is 52.8 Å². The van der Waals surface area contributed by atoms with E-state index in [0.29, 0.717) is 17.8 Å². The Kier molecular flexibility index (Phi) is 3.85. The fraction of sp³-hybridized carbons (Fsp3) is 0.375. The Hall–Kier alpha value is -2.55. The first-order valence-corrected chi connectivity index (χ1v) is 10.1. The summed E-state index contributed by atoms with van der Waals surface area (Å²) in [6, 6.07) is 6.66. The Labute approximate surface area is 161 Å². The first-order valence-electron chi connectivity index (χ1n) is 10.1. The van der Waals surface area contributed by atoms with Crippen molar-refractivity contribution in [2.24, 2.45) is 16.6 Å². The molecule has 0 fully saturated rings. The molecule has 2 N–H and O–H groups in total. The second kappa shape index (κ2) is 6.26. The van der Waals surface area contributed by atoms with Crippen molar-refractivity contribution in [1.82, 2.24) is 0 Å². The highest BCUT2D eigenvalue weighted by molar-refractivity contribution is 5.98. The summed E-state index contributed by atoms with van der Waals surface area (Å²) in [6.07, 6.45) is 13.7. The number of anilines is 1. The zero-order valence-corrected chi connectivity index (χ0v) is 16.2. The maximum atomic E-state index is 6.58. The molecule has 1 aromatic rings. The molecule has 0 amide bonds. The number of aliphatic imine (C=N–C) groups is 1. The van der Waals surface area contributed by atoms with Gasteiger partial charge < -0.3 is 10.6 Å². The van der Waals surface area contributed by atoms with Crippen molar-refractivity contribution in [3.63, 3.8) is 0 Å². The Morgan fingerprint density at radius 1 is 1.15 bits per heavy atom. The van der Waals surface area contributed by atoms with E-state index in [2.05, 4.69) is 61.3 Å². The number of rotatable bonds is 1. The molecule has 3 heteroatoms. The molecule has 0 saturated heterocycles. The largest absolute Gasteiger partial charge is 0.369 e. The molecule has 0 spiro atoms. The lowest BCUT2D eigenvalue weighted by atomic mass is 9.78. The van der Waals surface area contributed by atoms with Crippen LogP contribution in [-0.4, -0.2) is 12.5 Å². The standard InChI is InChI=1S/C24H27N3/c1-15-6-3-10-19-20(13-12-16(2)22(15)19)26-24(25)27-14-18-9-4-7-17-8-5-11-21(27)23(17)18/h5-6,8,10-13,18,22H,3-4,7,9,14H2,1-2H3,(H2,25,26). The number of hydrogen-bond donors (Lipinski definition) is 1. The first-order chi connectivity index (χ1) is 13.1. The van der Waals surface area contributed by atoms with Crippen LogP contribution in [-0.2, 0) is 6.42 Å². The maximum Gasteiger partial charge on any atom is 0.201 e. The average Bonchev–Trinajstić information content (AvgIpc) is 3.05. The lowest BCUT2D eigenvalue weighted by molar-refractivity contribution is 0.584. The number of nitrogens with zero attached hydrogens (tertiary/aromatic N) is 2. The van der Waals surface area contributed by atoms with Crippen LogP contribution in [0.15, 0.2) is 69.9 Å². The molecule has 0 saturated carbocycles. The Bertz CT molecular complexity index is 958. The van der Waals surface area contributed by atoms with E-state index in [4.69, 9.17) is 10.7 Å². The molecule has 0 aromatic heterocycles. The maximum absolute atomic E-state index is 6.58. The number of aryl methyl sites for hydroxylation is 1. The molecular formula is C24H27N3. The van der Waals surface area contributed by atoms with E-state index in [9.17, 15) is 0 Å². The molecule has 0 bridgehead atoms. The van der Waals surface area contributed by atoms with Crippen LogP contribution in [0, 0.1) is 5.92 Å². The second-order valence-electron chi connectivity index (χ2n) is 8.26. The van der Waals surface area contributed by atoms with Crippen molar-refractivity contribution in [1.29, 1.82) is 0 Å². The van der Waals surface area contributed by atoms with Crippen molar-refractivity contribution < 1.29 is 0 Å². The second-order valence-corrected chi connectivity index (χ2v) is 8.26. The summed E-state index contributed by atoms with van der Waals surface area (Å²) < 4.78 is 0. The molecule has 0 radical (unpaired) electrons. The predicted octanol–water partition coefficient (Wildman–Crippen LogP) is 4.98. The van der Waals surface area contributed by atoms with Crippen LogP contribution in [0.1, 0.15) is 50.2 Å².